The Balaban J connectivity index is 0.00000200. The van der Waals surface area contributed by atoms with E-state index in [1.165, 1.54) is 13.2 Å². The van der Waals surface area contributed by atoms with Crippen LogP contribution in [0, 0.1) is 0 Å². The number of esters is 1. The van der Waals surface area contributed by atoms with Crippen LogP contribution in [0.4, 0.5) is 0 Å². The Morgan fingerprint density at radius 2 is 1.90 bits per heavy atom. The van der Waals surface area contributed by atoms with Crippen molar-refractivity contribution in [2.24, 2.45) is 0 Å². The fourth-order valence-corrected chi connectivity index (χ4v) is 2.47. The predicted octanol–water partition coefficient (Wildman–Crippen LogP) is 3.35. The van der Waals surface area contributed by atoms with Crippen molar-refractivity contribution in [2.75, 3.05) is 13.7 Å². The Morgan fingerprint density at radius 3 is 2.55 bits per heavy atom. The normalized spacial score (nSPS) is 21.2. The first-order valence-corrected chi connectivity index (χ1v) is 6.77. The number of methoxy groups -OCH3 is 1. The summed E-state index contributed by atoms with van der Waals surface area (Å²) in [5.74, 6) is 0.153. The molecule has 112 valence electrons. The number of benzene rings is 1. The van der Waals surface area contributed by atoms with Gasteiger partial charge in [0.25, 0.3) is 0 Å². The van der Waals surface area contributed by atoms with E-state index in [0.29, 0.717) is 33.8 Å². The molecule has 1 N–H and O–H groups in total. The first-order valence-electron chi connectivity index (χ1n) is 5.63. The number of carbonyl (C=O) groups is 1. The minimum atomic E-state index is -0.350. The van der Waals surface area contributed by atoms with Gasteiger partial charge >= 0.3 is 5.97 Å². The molecule has 1 heterocycles. The third kappa shape index (κ3) is 4.06. The van der Waals surface area contributed by atoms with E-state index >= 15 is 0 Å². The van der Waals surface area contributed by atoms with Crippen LogP contribution < -0.4 is 10.1 Å². The molecule has 20 heavy (non-hydrogen) atoms. The van der Waals surface area contributed by atoms with Gasteiger partial charge < -0.3 is 14.8 Å². The van der Waals surface area contributed by atoms with Gasteiger partial charge in [-0.1, -0.05) is 34.8 Å². The van der Waals surface area contributed by atoms with Crippen LogP contribution in [0.3, 0.4) is 0 Å². The lowest BCUT2D eigenvalue weighted by Gasteiger charge is -2.14. The zero-order valence-corrected chi connectivity index (χ0v) is 13.6. The Morgan fingerprint density at radius 1 is 1.25 bits per heavy atom. The fourth-order valence-electron chi connectivity index (χ4n) is 1.89. The highest BCUT2D eigenvalue weighted by molar-refractivity contribution is 6.43. The van der Waals surface area contributed by atoms with Crippen LogP contribution in [0.5, 0.6) is 5.75 Å². The molecule has 1 fully saturated rings. The Kier molecular flexibility index (Phi) is 6.69. The van der Waals surface area contributed by atoms with Crippen molar-refractivity contribution in [1.82, 2.24) is 5.32 Å². The van der Waals surface area contributed by atoms with E-state index in [1.807, 2.05) is 0 Å². The molecule has 0 bridgehead atoms. The van der Waals surface area contributed by atoms with Crippen LogP contribution in [0.25, 0.3) is 0 Å². The van der Waals surface area contributed by atoms with Gasteiger partial charge in [0.05, 0.1) is 22.2 Å². The van der Waals surface area contributed by atoms with Crippen LogP contribution in [0.2, 0.25) is 15.1 Å². The molecule has 2 rings (SSSR count). The highest BCUT2D eigenvalue weighted by atomic mass is 35.5. The second-order valence-corrected chi connectivity index (χ2v) is 5.38. The molecule has 1 aliphatic heterocycles. The quantitative estimate of drug-likeness (QED) is 0.663. The van der Waals surface area contributed by atoms with Crippen molar-refractivity contribution >= 4 is 53.2 Å². The second kappa shape index (κ2) is 7.57. The van der Waals surface area contributed by atoms with E-state index in [-0.39, 0.29) is 30.5 Å². The smallest absolute Gasteiger partial charge is 0.323 e. The Hall–Kier alpha value is -0.390. The second-order valence-electron chi connectivity index (χ2n) is 4.16. The van der Waals surface area contributed by atoms with E-state index in [1.54, 1.807) is 6.07 Å². The number of nitrogens with one attached hydrogen (secondary N) is 1. The van der Waals surface area contributed by atoms with Gasteiger partial charge in [0, 0.05) is 19.0 Å². The van der Waals surface area contributed by atoms with Gasteiger partial charge in [0.15, 0.2) is 0 Å². The predicted molar refractivity (Wildman–Crippen MR) is 81.6 cm³/mol. The summed E-state index contributed by atoms with van der Waals surface area (Å²) in [7, 11) is 1.36. The summed E-state index contributed by atoms with van der Waals surface area (Å²) in [4.78, 5) is 11.4. The van der Waals surface area contributed by atoms with Gasteiger partial charge in [0.2, 0.25) is 0 Å². The van der Waals surface area contributed by atoms with Gasteiger partial charge in [-0.15, -0.1) is 12.4 Å². The number of ether oxygens (including phenoxy) is 2. The van der Waals surface area contributed by atoms with E-state index in [2.05, 4.69) is 10.1 Å². The van der Waals surface area contributed by atoms with Gasteiger partial charge in [-0.25, -0.2) is 0 Å². The molecule has 0 aromatic heterocycles. The number of halogens is 4. The van der Waals surface area contributed by atoms with Crippen LogP contribution in [-0.4, -0.2) is 31.8 Å². The van der Waals surface area contributed by atoms with Gasteiger partial charge in [-0.3, -0.25) is 4.79 Å². The largest absolute Gasteiger partial charge is 0.487 e. The van der Waals surface area contributed by atoms with Gasteiger partial charge in [-0.2, -0.15) is 0 Å². The van der Waals surface area contributed by atoms with E-state index in [4.69, 9.17) is 39.5 Å². The summed E-state index contributed by atoms with van der Waals surface area (Å²) in [6.45, 7) is 0.538. The summed E-state index contributed by atoms with van der Waals surface area (Å²) in [6, 6.07) is 2.75. The molecule has 0 spiro atoms. The molecule has 1 saturated heterocycles. The molecule has 4 nitrogen and oxygen atoms in total. The van der Waals surface area contributed by atoms with Crippen molar-refractivity contribution in [3.05, 3.63) is 27.2 Å². The topological polar surface area (TPSA) is 47.6 Å². The van der Waals surface area contributed by atoms with Crippen molar-refractivity contribution < 1.29 is 14.3 Å². The van der Waals surface area contributed by atoms with E-state index in [0.717, 1.165) is 0 Å². The zero-order valence-electron chi connectivity index (χ0n) is 10.5. The lowest BCUT2D eigenvalue weighted by atomic mass is 10.2. The Bertz CT molecular complexity index is 498. The van der Waals surface area contributed by atoms with E-state index < -0.39 is 0 Å². The molecular weight excluding hydrogens is 348 g/mol. The number of carbonyl (C=O) groups excluding carboxylic acids is 1. The van der Waals surface area contributed by atoms with Gasteiger partial charge in [-0.05, 0) is 6.07 Å². The third-order valence-electron chi connectivity index (χ3n) is 2.84. The van der Waals surface area contributed by atoms with Crippen molar-refractivity contribution in [2.45, 2.75) is 18.6 Å². The van der Waals surface area contributed by atoms with E-state index in [9.17, 15) is 4.79 Å². The average molecular weight is 361 g/mol. The number of hydrogen-bond donors (Lipinski definition) is 1. The summed E-state index contributed by atoms with van der Waals surface area (Å²) in [5.41, 5.74) is 0. The molecule has 1 aromatic rings. The molecule has 0 aliphatic carbocycles. The van der Waals surface area contributed by atoms with Crippen molar-refractivity contribution in [3.63, 3.8) is 0 Å². The maximum Gasteiger partial charge on any atom is 0.323 e. The summed E-state index contributed by atoms with van der Waals surface area (Å²) >= 11 is 17.8. The zero-order chi connectivity index (χ0) is 14.0. The molecule has 0 unspecified atom stereocenters. The monoisotopic (exact) mass is 359 g/mol. The van der Waals surface area contributed by atoms with Crippen molar-refractivity contribution in [1.29, 1.82) is 0 Å². The summed E-state index contributed by atoms with van der Waals surface area (Å²) in [5, 5.41) is 4.15. The maximum atomic E-state index is 11.4. The third-order valence-corrected chi connectivity index (χ3v) is 3.86. The highest BCUT2D eigenvalue weighted by Gasteiger charge is 2.31. The maximum absolute atomic E-state index is 11.4. The first kappa shape index (κ1) is 17.7. The minimum Gasteiger partial charge on any atom is -0.487 e. The van der Waals surface area contributed by atoms with Crippen molar-refractivity contribution in [3.8, 4) is 5.75 Å². The van der Waals surface area contributed by atoms with Gasteiger partial charge in [0.1, 0.15) is 17.9 Å². The highest BCUT2D eigenvalue weighted by Crippen LogP contribution is 2.35. The van der Waals surface area contributed by atoms with Crippen LogP contribution >= 0.6 is 47.2 Å². The molecule has 0 radical (unpaired) electrons. The number of hydrogen-bond acceptors (Lipinski definition) is 4. The van der Waals surface area contributed by atoms with Crippen LogP contribution in [-0.2, 0) is 9.53 Å². The lowest BCUT2D eigenvalue weighted by molar-refractivity contribution is -0.142. The summed E-state index contributed by atoms with van der Waals surface area (Å²) < 4.78 is 10.4. The Labute approximate surface area is 138 Å². The SMILES string of the molecule is COC(=O)[C@@H]1C[C@H](Oc2cc(Cl)c(Cl)cc2Cl)CN1.Cl. The molecule has 8 heteroatoms. The molecule has 1 aromatic carbocycles. The lowest BCUT2D eigenvalue weighted by Crippen LogP contribution is -2.31. The first-order chi connectivity index (χ1) is 9.01. The number of rotatable bonds is 3. The molecule has 0 saturated carbocycles. The molecule has 2 atom stereocenters. The minimum absolute atomic E-state index is 0. The molecular formula is C12H13Cl4NO3. The van der Waals surface area contributed by atoms with Crippen LogP contribution in [0.15, 0.2) is 12.1 Å². The molecule has 0 amide bonds. The standard InChI is InChI=1S/C12H12Cl3NO3.ClH/c1-18-12(17)10-2-6(5-16-10)19-11-4-8(14)7(13)3-9(11)15;/h3-4,6,10,16H,2,5H2,1H3;1H/t6-,10-;/m0./s1. The average Bonchev–Trinajstić information content (AvgIpc) is 2.83. The van der Waals surface area contributed by atoms with Crippen LogP contribution in [0.1, 0.15) is 6.42 Å². The molecule has 1 aliphatic rings. The summed E-state index contributed by atoms with van der Waals surface area (Å²) in [6.07, 6.45) is 0.349. The fraction of sp³-hybridized carbons (Fsp3) is 0.417.